The van der Waals surface area contributed by atoms with Gasteiger partial charge in [-0.15, -0.1) is 11.3 Å². The van der Waals surface area contributed by atoms with Crippen LogP contribution in [0.25, 0.3) is 21.8 Å². The first-order chi connectivity index (χ1) is 10.2. The molecule has 0 saturated carbocycles. The van der Waals surface area contributed by atoms with Crippen molar-refractivity contribution in [3.8, 4) is 21.8 Å². The van der Waals surface area contributed by atoms with Gasteiger partial charge in [-0.3, -0.25) is 0 Å². The van der Waals surface area contributed by atoms with Gasteiger partial charge in [0.1, 0.15) is 5.01 Å². The maximum Gasteiger partial charge on any atom is 0.124 e. The van der Waals surface area contributed by atoms with Crippen molar-refractivity contribution in [2.45, 2.75) is 20.4 Å². The maximum atomic E-state index is 5.71. The number of hydrogen-bond acceptors (Lipinski definition) is 3. The average Bonchev–Trinajstić information content (AvgIpc) is 2.97. The molecule has 0 saturated heterocycles. The monoisotopic (exact) mass is 294 g/mol. The maximum absolute atomic E-state index is 5.71. The average molecular weight is 294 g/mol. The minimum absolute atomic E-state index is 0.559. The molecule has 1 aromatic heterocycles. The summed E-state index contributed by atoms with van der Waals surface area (Å²) in [6, 6.07) is 14.8. The molecule has 0 fully saturated rings. The molecule has 0 bridgehead atoms. The van der Waals surface area contributed by atoms with E-state index in [1.165, 1.54) is 16.7 Å². The lowest BCUT2D eigenvalue weighted by Crippen LogP contribution is -1.95. The van der Waals surface area contributed by atoms with Crippen molar-refractivity contribution in [1.82, 2.24) is 4.98 Å². The van der Waals surface area contributed by atoms with Crippen molar-refractivity contribution < 1.29 is 0 Å². The molecular weight excluding hydrogens is 276 g/mol. The van der Waals surface area contributed by atoms with Crippen molar-refractivity contribution >= 4 is 11.3 Å². The molecule has 3 heteroatoms. The van der Waals surface area contributed by atoms with Crippen LogP contribution in [0.5, 0.6) is 0 Å². The highest BCUT2D eigenvalue weighted by Gasteiger charge is 2.09. The van der Waals surface area contributed by atoms with Crippen molar-refractivity contribution in [2.24, 2.45) is 5.73 Å². The number of rotatable bonds is 3. The second-order valence-electron chi connectivity index (χ2n) is 5.26. The molecular formula is C18H18N2S. The van der Waals surface area contributed by atoms with Crippen LogP contribution >= 0.6 is 11.3 Å². The van der Waals surface area contributed by atoms with Crippen LogP contribution in [-0.4, -0.2) is 4.98 Å². The van der Waals surface area contributed by atoms with Crippen LogP contribution in [0.3, 0.4) is 0 Å². The van der Waals surface area contributed by atoms with Crippen molar-refractivity contribution in [1.29, 1.82) is 0 Å². The lowest BCUT2D eigenvalue weighted by atomic mass is 10.0. The molecule has 0 aliphatic rings. The first kappa shape index (κ1) is 14.0. The number of aryl methyl sites for hydroxylation is 2. The van der Waals surface area contributed by atoms with E-state index in [0.717, 1.165) is 21.8 Å². The van der Waals surface area contributed by atoms with Crippen LogP contribution in [0.15, 0.2) is 47.8 Å². The highest BCUT2D eigenvalue weighted by atomic mass is 32.1. The first-order valence-electron chi connectivity index (χ1n) is 7.00. The van der Waals surface area contributed by atoms with E-state index in [1.807, 2.05) is 12.1 Å². The number of nitrogens with two attached hydrogens (primary N) is 1. The van der Waals surface area contributed by atoms with E-state index in [2.05, 4.69) is 49.6 Å². The smallest absolute Gasteiger partial charge is 0.124 e. The van der Waals surface area contributed by atoms with Gasteiger partial charge in [0.05, 0.1) is 5.69 Å². The molecule has 106 valence electrons. The summed E-state index contributed by atoms with van der Waals surface area (Å²) < 4.78 is 0. The van der Waals surface area contributed by atoms with E-state index < -0.39 is 0 Å². The summed E-state index contributed by atoms with van der Waals surface area (Å²) >= 11 is 1.68. The molecule has 3 aromatic rings. The molecule has 0 unspecified atom stereocenters. The minimum Gasteiger partial charge on any atom is -0.326 e. The SMILES string of the molecule is Cc1ccc(-c2csc(-c3cccc(CN)c3)n2)c(C)c1. The Morgan fingerprint density at radius 3 is 2.71 bits per heavy atom. The predicted octanol–water partition coefficient (Wildman–Crippen LogP) is 4.55. The summed E-state index contributed by atoms with van der Waals surface area (Å²) in [4.78, 5) is 4.79. The van der Waals surface area contributed by atoms with Gasteiger partial charge in [-0.25, -0.2) is 4.98 Å². The Balaban J connectivity index is 1.99. The third-order valence-electron chi connectivity index (χ3n) is 3.57. The van der Waals surface area contributed by atoms with E-state index >= 15 is 0 Å². The molecule has 0 atom stereocenters. The number of benzene rings is 2. The fourth-order valence-corrected chi connectivity index (χ4v) is 3.28. The van der Waals surface area contributed by atoms with Crippen molar-refractivity contribution in [3.63, 3.8) is 0 Å². The number of nitrogens with zero attached hydrogens (tertiary/aromatic N) is 1. The normalized spacial score (nSPS) is 10.8. The quantitative estimate of drug-likeness (QED) is 0.769. The van der Waals surface area contributed by atoms with Gasteiger partial charge in [0.15, 0.2) is 0 Å². The summed E-state index contributed by atoms with van der Waals surface area (Å²) in [6.07, 6.45) is 0. The molecule has 1 heterocycles. The van der Waals surface area contributed by atoms with Gasteiger partial charge in [0.2, 0.25) is 0 Å². The third-order valence-corrected chi connectivity index (χ3v) is 4.46. The Bertz CT molecular complexity index is 774. The Labute approximate surface area is 129 Å². The van der Waals surface area contributed by atoms with Gasteiger partial charge < -0.3 is 5.73 Å². The van der Waals surface area contributed by atoms with Crippen LogP contribution in [0.1, 0.15) is 16.7 Å². The predicted molar refractivity (Wildman–Crippen MR) is 90.4 cm³/mol. The van der Waals surface area contributed by atoms with E-state index in [9.17, 15) is 0 Å². The zero-order chi connectivity index (χ0) is 14.8. The number of aromatic nitrogens is 1. The fraction of sp³-hybridized carbons (Fsp3) is 0.167. The summed E-state index contributed by atoms with van der Waals surface area (Å²) in [5, 5.41) is 3.17. The van der Waals surface area contributed by atoms with Gasteiger partial charge in [0.25, 0.3) is 0 Å². The summed E-state index contributed by atoms with van der Waals surface area (Å²) in [5.74, 6) is 0. The van der Waals surface area contributed by atoms with Crippen molar-refractivity contribution in [3.05, 3.63) is 64.5 Å². The Morgan fingerprint density at radius 2 is 1.95 bits per heavy atom. The van der Waals surface area contributed by atoms with Crippen LogP contribution < -0.4 is 5.73 Å². The van der Waals surface area contributed by atoms with E-state index in [1.54, 1.807) is 11.3 Å². The van der Waals surface area contributed by atoms with Gasteiger partial charge in [-0.05, 0) is 31.0 Å². The molecule has 0 aliphatic carbocycles. The van der Waals surface area contributed by atoms with E-state index in [-0.39, 0.29) is 0 Å². The zero-order valence-corrected chi connectivity index (χ0v) is 13.1. The molecule has 0 spiro atoms. The lowest BCUT2D eigenvalue weighted by molar-refractivity contribution is 1.07. The van der Waals surface area contributed by atoms with E-state index in [4.69, 9.17) is 10.7 Å². The molecule has 0 radical (unpaired) electrons. The fourth-order valence-electron chi connectivity index (χ4n) is 2.46. The molecule has 2 nitrogen and oxygen atoms in total. The Kier molecular flexibility index (Phi) is 3.86. The second kappa shape index (κ2) is 5.80. The number of thiazole rings is 1. The number of hydrogen-bond donors (Lipinski definition) is 1. The van der Waals surface area contributed by atoms with Crippen LogP contribution in [-0.2, 0) is 6.54 Å². The standard InChI is InChI=1S/C18H18N2S/c1-12-6-7-16(13(2)8-12)17-11-21-18(20-17)15-5-3-4-14(9-15)10-19/h3-9,11H,10,19H2,1-2H3. The topological polar surface area (TPSA) is 38.9 Å². The summed E-state index contributed by atoms with van der Waals surface area (Å²) in [5.41, 5.74) is 12.8. The first-order valence-corrected chi connectivity index (χ1v) is 7.88. The van der Waals surface area contributed by atoms with Crippen LogP contribution in [0.4, 0.5) is 0 Å². The highest BCUT2D eigenvalue weighted by Crippen LogP contribution is 2.31. The Hall–Kier alpha value is -1.97. The largest absolute Gasteiger partial charge is 0.326 e. The van der Waals surface area contributed by atoms with Gasteiger partial charge in [0, 0.05) is 23.1 Å². The molecule has 21 heavy (non-hydrogen) atoms. The van der Waals surface area contributed by atoms with Gasteiger partial charge in [-0.1, -0.05) is 42.0 Å². The lowest BCUT2D eigenvalue weighted by Gasteiger charge is -2.04. The summed E-state index contributed by atoms with van der Waals surface area (Å²) in [7, 11) is 0. The van der Waals surface area contributed by atoms with Crippen LogP contribution in [0.2, 0.25) is 0 Å². The Morgan fingerprint density at radius 1 is 1.10 bits per heavy atom. The molecule has 2 aromatic carbocycles. The van der Waals surface area contributed by atoms with Gasteiger partial charge in [-0.2, -0.15) is 0 Å². The minimum atomic E-state index is 0.559. The van der Waals surface area contributed by atoms with Crippen molar-refractivity contribution in [2.75, 3.05) is 0 Å². The van der Waals surface area contributed by atoms with E-state index in [0.29, 0.717) is 6.54 Å². The third kappa shape index (κ3) is 2.89. The summed E-state index contributed by atoms with van der Waals surface area (Å²) in [6.45, 7) is 4.81. The zero-order valence-electron chi connectivity index (χ0n) is 12.3. The molecule has 0 amide bonds. The molecule has 0 aliphatic heterocycles. The highest BCUT2D eigenvalue weighted by molar-refractivity contribution is 7.13. The van der Waals surface area contributed by atoms with Gasteiger partial charge >= 0.3 is 0 Å². The second-order valence-corrected chi connectivity index (χ2v) is 6.12. The molecule has 3 rings (SSSR count). The molecule has 2 N–H and O–H groups in total. The van der Waals surface area contributed by atoms with Crippen LogP contribution in [0, 0.1) is 13.8 Å².